The molecule has 0 radical (unpaired) electrons. The Morgan fingerprint density at radius 2 is 1.84 bits per heavy atom. The fourth-order valence-corrected chi connectivity index (χ4v) is 3.12. The fourth-order valence-electron chi connectivity index (χ4n) is 2.33. The van der Waals surface area contributed by atoms with Crippen LogP contribution >= 0.6 is 35.3 Å². The molecule has 0 unspecified atom stereocenters. The molecule has 4 nitrogen and oxygen atoms in total. The summed E-state index contributed by atoms with van der Waals surface area (Å²) in [7, 11) is 1.80. The molecule has 0 saturated carbocycles. The maximum atomic E-state index is 4.38. The van der Waals surface area contributed by atoms with E-state index in [9.17, 15) is 0 Å². The van der Waals surface area contributed by atoms with Crippen molar-refractivity contribution in [2.24, 2.45) is 4.99 Å². The van der Waals surface area contributed by atoms with Crippen LogP contribution in [0.5, 0.6) is 0 Å². The third-order valence-corrected chi connectivity index (χ3v) is 4.78. The summed E-state index contributed by atoms with van der Waals surface area (Å²) in [6, 6.07) is 8.77. The lowest BCUT2D eigenvalue weighted by Crippen LogP contribution is -2.37. The van der Waals surface area contributed by atoms with Crippen LogP contribution in [-0.4, -0.2) is 24.5 Å². The lowest BCUT2D eigenvalue weighted by atomic mass is 9.87. The Labute approximate surface area is 172 Å². The van der Waals surface area contributed by atoms with Gasteiger partial charge < -0.3 is 10.6 Å². The average Bonchev–Trinajstić information content (AvgIpc) is 2.95. The molecular formula is C19H29IN4S. The van der Waals surface area contributed by atoms with E-state index >= 15 is 0 Å². The standard InChI is InChI=1S/C19H28N4S.HI/c1-14-12-22-17(24-14)10-11-21-18(20-5)23-13-15-6-8-16(9-7-15)19(2,3)4;/h6-9,12H,10-11,13H2,1-5H3,(H2,20,21,23);1H. The Morgan fingerprint density at radius 1 is 1.16 bits per heavy atom. The topological polar surface area (TPSA) is 49.3 Å². The van der Waals surface area contributed by atoms with Gasteiger partial charge in [-0.1, -0.05) is 45.0 Å². The Bertz CT molecular complexity index is 671. The van der Waals surface area contributed by atoms with E-state index in [1.807, 2.05) is 6.20 Å². The Balaban J connectivity index is 0.00000312. The molecule has 0 fully saturated rings. The van der Waals surface area contributed by atoms with E-state index < -0.39 is 0 Å². The van der Waals surface area contributed by atoms with Gasteiger partial charge in [0.05, 0.1) is 5.01 Å². The molecule has 2 N–H and O–H groups in total. The van der Waals surface area contributed by atoms with Crippen LogP contribution in [0, 0.1) is 6.92 Å². The molecule has 138 valence electrons. The van der Waals surface area contributed by atoms with Gasteiger partial charge in [-0.3, -0.25) is 4.99 Å². The predicted octanol–water partition coefficient (Wildman–Crippen LogP) is 4.27. The summed E-state index contributed by atoms with van der Waals surface area (Å²) in [6.07, 6.45) is 2.84. The van der Waals surface area contributed by atoms with Crippen LogP contribution in [0.1, 0.15) is 41.8 Å². The van der Waals surface area contributed by atoms with Crippen LogP contribution in [0.2, 0.25) is 0 Å². The SMILES string of the molecule is CN=C(NCCc1ncc(C)s1)NCc1ccc(C(C)(C)C)cc1.I. The number of halogens is 1. The van der Waals surface area contributed by atoms with Crippen LogP contribution in [0.4, 0.5) is 0 Å². The monoisotopic (exact) mass is 472 g/mol. The van der Waals surface area contributed by atoms with Crippen molar-refractivity contribution < 1.29 is 0 Å². The van der Waals surface area contributed by atoms with E-state index in [2.05, 4.69) is 72.6 Å². The molecule has 1 heterocycles. The highest BCUT2D eigenvalue weighted by molar-refractivity contribution is 14.0. The van der Waals surface area contributed by atoms with Crippen molar-refractivity contribution in [1.29, 1.82) is 0 Å². The molecule has 0 aliphatic heterocycles. The third-order valence-electron chi connectivity index (χ3n) is 3.80. The lowest BCUT2D eigenvalue weighted by Gasteiger charge is -2.19. The zero-order valence-electron chi connectivity index (χ0n) is 15.7. The number of hydrogen-bond donors (Lipinski definition) is 2. The van der Waals surface area contributed by atoms with E-state index in [1.54, 1.807) is 18.4 Å². The van der Waals surface area contributed by atoms with Crippen LogP contribution in [-0.2, 0) is 18.4 Å². The highest BCUT2D eigenvalue weighted by atomic mass is 127. The summed E-state index contributed by atoms with van der Waals surface area (Å²) in [5.74, 6) is 0.822. The zero-order valence-corrected chi connectivity index (χ0v) is 18.9. The van der Waals surface area contributed by atoms with Gasteiger partial charge in [-0.15, -0.1) is 35.3 Å². The van der Waals surface area contributed by atoms with Crippen molar-refractivity contribution in [1.82, 2.24) is 15.6 Å². The number of nitrogens with one attached hydrogen (secondary N) is 2. The number of benzene rings is 1. The molecule has 2 rings (SSSR count). The minimum Gasteiger partial charge on any atom is -0.356 e. The number of guanidine groups is 1. The molecule has 0 bridgehead atoms. The highest BCUT2D eigenvalue weighted by Gasteiger charge is 2.12. The third kappa shape index (κ3) is 7.32. The summed E-state index contributed by atoms with van der Waals surface area (Å²) < 4.78 is 0. The van der Waals surface area contributed by atoms with Crippen molar-refractivity contribution in [2.45, 2.75) is 46.1 Å². The number of aryl methyl sites for hydroxylation is 1. The van der Waals surface area contributed by atoms with E-state index in [0.29, 0.717) is 0 Å². The number of aromatic nitrogens is 1. The van der Waals surface area contributed by atoms with E-state index in [1.165, 1.54) is 16.0 Å². The molecule has 0 aliphatic rings. The van der Waals surface area contributed by atoms with Crippen LogP contribution < -0.4 is 10.6 Å². The minimum atomic E-state index is 0. The highest BCUT2D eigenvalue weighted by Crippen LogP contribution is 2.22. The van der Waals surface area contributed by atoms with Crippen molar-refractivity contribution in [3.63, 3.8) is 0 Å². The first kappa shape index (κ1) is 21.9. The van der Waals surface area contributed by atoms with Gasteiger partial charge in [0.25, 0.3) is 0 Å². The summed E-state index contributed by atoms with van der Waals surface area (Å²) in [5.41, 5.74) is 2.80. The summed E-state index contributed by atoms with van der Waals surface area (Å²) >= 11 is 1.75. The van der Waals surface area contributed by atoms with Gasteiger partial charge in [0.15, 0.2) is 5.96 Å². The normalized spacial score (nSPS) is 11.8. The Kier molecular flexibility index (Phi) is 8.85. The molecule has 6 heteroatoms. The first-order valence-electron chi connectivity index (χ1n) is 8.34. The molecule has 25 heavy (non-hydrogen) atoms. The van der Waals surface area contributed by atoms with Gasteiger partial charge >= 0.3 is 0 Å². The minimum absolute atomic E-state index is 0. The van der Waals surface area contributed by atoms with Gasteiger partial charge in [-0.05, 0) is 23.5 Å². The van der Waals surface area contributed by atoms with E-state index in [0.717, 1.165) is 30.5 Å². The van der Waals surface area contributed by atoms with Gasteiger partial charge in [0.1, 0.15) is 0 Å². The number of hydrogen-bond acceptors (Lipinski definition) is 3. The molecule has 1 aromatic heterocycles. The average molecular weight is 472 g/mol. The van der Waals surface area contributed by atoms with Gasteiger partial charge in [-0.25, -0.2) is 4.98 Å². The number of nitrogens with zero attached hydrogens (tertiary/aromatic N) is 2. The van der Waals surface area contributed by atoms with E-state index in [4.69, 9.17) is 0 Å². The molecule has 0 saturated heterocycles. The molecular weight excluding hydrogens is 443 g/mol. The van der Waals surface area contributed by atoms with Crippen LogP contribution in [0.25, 0.3) is 0 Å². The maximum absolute atomic E-state index is 4.38. The van der Waals surface area contributed by atoms with Gasteiger partial charge in [-0.2, -0.15) is 0 Å². The summed E-state index contributed by atoms with van der Waals surface area (Å²) in [4.78, 5) is 9.91. The quantitative estimate of drug-likeness (QED) is 0.388. The first-order chi connectivity index (χ1) is 11.4. The van der Waals surface area contributed by atoms with Gasteiger partial charge in [0, 0.05) is 37.6 Å². The van der Waals surface area contributed by atoms with Crippen LogP contribution in [0.3, 0.4) is 0 Å². The first-order valence-corrected chi connectivity index (χ1v) is 9.15. The molecule has 2 aromatic rings. The van der Waals surface area contributed by atoms with E-state index in [-0.39, 0.29) is 29.4 Å². The zero-order chi connectivity index (χ0) is 17.6. The smallest absolute Gasteiger partial charge is 0.191 e. The second kappa shape index (κ2) is 10.1. The van der Waals surface area contributed by atoms with Crippen molar-refractivity contribution >= 4 is 41.3 Å². The second-order valence-electron chi connectivity index (χ2n) is 6.91. The van der Waals surface area contributed by atoms with Crippen LogP contribution in [0.15, 0.2) is 35.5 Å². The predicted molar refractivity (Wildman–Crippen MR) is 119 cm³/mol. The van der Waals surface area contributed by atoms with Gasteiger partial charge in [0.2, 0.25) is 0 Å². The Hall–Kier alpha value is -1.15. The van der Waals surface area contributed by atoms with Crippen molar-refractivity contribution in [2.75, 3.05) is 13.6 Å². The Morgan fingerprint density at radius 3 is 2.36 bits per heavy atom. The van der Waals surface area contributed by atoms with Crippen molar-refractivity contribution in [3.8, 4) is 0 Å². The molecule has 1 aromatic carbocycles. The fraction of sp³-hybridized carbons (Fsp3) is 0.474. The maximum Gasteiger partial charge on any atom is 0.191 e. The molecule has 0 atom stereocenters. The number of thiazole rings is 1. The number of aliphatic imine (C=N–C) groups is 1. The number of rotatable bonds is 5. The lowest BCUT2D eigenvalue weighted by molar-refractivity contribution is 0.590. The molecule has 0 spiro atoms. The molecule has 0 amide bonds. The summed E-state index contributed by atoms with van der Waals surface area (Å²) in [6.45, 7) is 10.4. The second-order valence-corrected chi connectivity index (χ2v) is 8.23. The molecule has 0 aliphatic carbocycles. The van der Waals surface area contributed by atoms with Crippen molar-refractivity contribution in [3.05, 3.63) is 51.5 Å². The largest absolute Gasteiger partial charge is 0.356 e. The summed E-state index contributed by atoms with van der Waals surface area (Å²) in [5, 5.41) is 7.86.